The standard InChI is InChI=1S/C14H16N2O4/c1-14(2)8-19-6-5-16(14)13-15-10-4-3-9(12(17)18)7-11(10)20-13/h3-4,7H,5-6,8H2,1-2H3,(H,17,18). The Balaban J connectivity index is 2.02. The molecule has 1 aromatic heterocycles. The largest absolute Gasteiger partial charge is 0.478 e. The maximum absolute atomic E-state index is 11.0. The van der Waals surface area contributed by atoms with Crippen LogP contribution in [0.2, 0.25) is 0 Å². The Morgan fingerprint density at radius 1 is 1.45 bits per heavy atom. The number of aromatic nitrogens is 1. The summed E-state index contributed by atoms with van der Waals surface area (Å²) in [4.78, 5) is 17.5. The van der Waals surface area contributed by atoms with Crippen molar-refractivity contribution in [2.45, 2.75) is 19.4 Å². The molecule has 1 aromatic carbocycles. The van der Waals surface area contributed by atoms with Gasteiger partial charge in [0.2, 0.25) is 0 Å². The number of carboxylic acid groups (broad SMARTS) is 1. The zero-order valence-electron chi connectivity index (χ0n) is 11.4. The number of aromatic carboxylic acids is 1. The van der Waals surface area contributed by atoms with E-state index >= 15 is 0 Å². The lowest BCUT2D eigenvalue weighted by Gasteiger charge is -2.40. The normalized spacial score (nSPS) is 18.4. The second-order valence-corrected chi connectivity index (χ2v) is 5.50. The Morgan fingerprint density at radius 3 is 2.95 bits per heavy atom. The average Bonchev–Trinajstić information content (AvgIpc) is 2.80. The van der Waals surface area contributed by atoms with Gasteiger partial charge in [-0.2, -0.15) is 4.98 Å². The first-order valence-corrected chi connectivity index (χ1v) is 6.47. The van der Waals surface area contributed by atoms with E-state index < -0.39 is 5.97 Å². The van der Waals surface area contributed by atoms with Crippen molar-refractivity contribution in [2.75, 3.05) is 24.7 Å². The van der Waals surface area contributed by atoms with E-state index in [9.17, 15) is 4.79 Å². The molecule has 2 heterocycles. The highest BCUT2D eigenvalue weighted by molar-refractivity contribution is 5.92. The summed E-state index contributed by atoms with van der Waals surface area (Å²) in [6.45, 7) is 6.05. The molecule has 0 saturated carbocycles. The number of ether oxygens (including phenoxy) is 1. The smallest absolute Gasteiger partial charge is 0.335 e. The fourth-order valence-electron chi connectivity index (χ4n) is 2.37. The van der Waals surface area contributed by atoms with Crippen LogP contribution in [0.4, 0.5) is 6.01 Å². The highest BCUT2D eigenvalue weighted by Crippen LogP contribution is 2.29. The van der Waals surface area contributed by atoms with Crippen LogP contribution in [0.3, 0.4) is 0 Å². The van der Waals surface area contributed by atoms with Crippen molar-refractivity contribution in [1.82, 2.24) is 4.98 Å². The van der Waals surface area contributed by atoms with Gasteiger partial charge in [-0.15, -0.1) is 0 Å². The van der Waals surface area contributed by atoms with Crippen LogP contribution in [0.5, 0.6) is 0 Å². The molecule has 106 valence electrons. The van der Waals surface area contributed by atoms with Crippen LogP contribution >= 0.6 is 0 Å². The van der Waals surface area contributed by atoms with E-state index in [1.54, 1.807) is 6.07 Å². The molecule has 0 unspecified atom stereocenters. The van der Waals surface area contributed by atoms with Gasteiger partial charge in [0.05, 0.1) is 24.3 Å². The Morgan fingerprint density at radius 2 is 2.25 bits per heavy atom. The van der Waals surface area contributed by atoms with Crippen molar-refractivity contribution in [3.8, 4) is 0 Å². The van der Waals surface area contributed by atoms with E-state index in [4.69, 9.17) is 14.3 Å². The van der Waals surface area contributed by atoms with Crippen molar-refractivity contribution in [3.05, 3.63) is 23.8 Å². The minimum Gasteiger partial charge on any atom is -0.478 e. The average molecular weight is 276 g/mol. The third kappa shape index (κ3) is 2.12. The molecule has 0 bridgehead atoms. The monoisotopic (exact) mass is 276 g/mol. The zero-order valence-corrected chi connectivity index (χ0v) is 11.4. The van der Waals surface area contributed by atoms with Crippen molar-refractivity contribution in [1.29, 1.82) is 0 Å². The molecule has 3 rings (SSSR count). The predicted molar refractivity (Wildman–Crippen MR) is 73.2 cm³/mol. The molecule has 2 aromatic rings. The van der Waals surface area contributed by atoms with E-state index in [-0.39, 0.29) is 11.1 Å². The topological polar surface area (TPSA) is 75.8 Å². The fraction of sp³-hybridized carbons (Fsp3) is 0.429. The van der Waals surface area contributed by atoms with Gasteiger partial charge in [0, 0.05) is 6.54 Å². The molecule has 1 aliphatic heterocycles. The summed E-state index contributed by atoms with van der Waals surface area (Å²) in [5, 5.41) is 8.99. The van der Waals surface area contributed by atoms with E-state index in [1.165, 1.54) is 12.1 Å². The Bertz CT molecular complexity index is 662. The minimum atomic E-state index is -0.975. The molecular formula is C14H16N2O4. The molecule has 1 aliphatic rings. The number of oxazole rings is 1. The van der Waals surface area contributed by atoms with Crippen LogP contribution in [0.15, 0.2) is 22.6 Å². The van der Waals surface area contributed by atoms with Gasteiger partial charge in [-0.3, -0.25) is 0 Å². The quantitative estimate of drug-likeness (QED) is 0.905. The van der Waals surface area contributed by atoms with Crippen LogP contribution in [0.1, 0.15) is 24.2 Å². The van der Waals surface area contributed by atoms with Crippen LogP contribution in [-0.4, -0.2) is 41.4 Å². The lowest BCUT2D eigenvalue weighted by atomic mass is 10.0. The summed E-state index contributed by atoms with van der Waals surface area (Å²) < 4.78 is 11.2. The lowest BCUT2D eigenvalue weighted by molar-refractivity contribution is 0.0614. The highest BCUT2D eigenvalue weighted by atomic mass is 16.5. The van der Waals surface area contributed by atoms with Gasteiger partial charge in [0.25, 0.3) is 6.01 Å². The van der Waals surface area contributed by atoms with Crippen molar-refractivity contribution in [2.24, 2.45) is 0 Å². The van der Waals surface area contributed by atoms with Crippen LogP contribution < -0.4 is 4.90 Å². The Kier molecular flexibility index (Phi) is 2.90. The molecule has 0 amide bonds. The first-order valence-electron chi connectivity index (χ1n) is 6.47. The summed E-state index contributed by atoms with van der Waals surface area (Å²) >= 11 is 0. The van der Waals surface area contributed by atoms with Crippen molar-refractivity contribution in [3.63, 3.8) is 0 Å². The molecule has 0 spiro atoms. The van der Waals surface area contributed by atoms with Gasteiger partial charge < -0.3 is 19.2 Å². The minimum absolute atomic E-state index is 0.196. The third-order valence-electron chi connectivity index (χ3n) is 3.50. The van der Waals surface area contributed by atoms with Crippen LogP contribution in [0, 0.1) is 0 Å². The van der Waals surface area contributed by atoms with E-state index in [0.29, 0.717) is 36.9 Å². The molecule has 1 saturated heterocycles. The summed E-state index contributed by atoms with van der Waals surface area (Å²) in [7, 11) is 0. The van der Waals surface area contributed by atoms with Gasteiger partial charge in [-0.05, 0) is 32.0 Å². The third-order valence-corrected chi connectivity index (χ3v) is 3.50. The number of fused-ring (bicyclic) bond motifs is 1. The predicted octanol–water partition coefficient (Wildman–Crippen LogP) is 2.14. The van der Waals surface area contributed by atoms with Gasteiger partial charge in [0.15, 0.2) is 5.58 Å². The molecule has 6 nitrogen and oxygen atoms in total. The number of benzene rings is 1. The van der Waals surface area contributed by atoms with E-state index in [2.05, 4.69) is 23.7 Å². The summed E-state index contributed by atoms with van der Waals surface area (Å²) in [5.41, 5.74) is 1.14. The Hall–Kier alpha value is -2.08. The molecular weight excluding hydrogens is 260 g/mol. The molecule has 1 fully saturated rings. The van der Waals surface area contributed by atoms with Crippen LogP contribution in [-0.2, 0) is 4.74 Å². The first-order chi connectivity index (χ1) is 9.47. The maximum Gasteiger partial charge on any atom is 0.335 e. The van der Waals surface area contributed by atoms with Gasteiger partial charge >= 0.3 is 5.97 Å². The molecule has 6 heteroatoms. The summed E-state index contributed by atoms with van der Waals surface area (Å²) in [6.07, 6.45) is 0. The van der Waals surface area contributed by atoms with Gasteiger partial charge in [0.1, 0.15) is 5.52 Å². The van der Waals surface area contributed by atoms with Crippen molar-refractivity contribution < 1.29 is 19.1 Å². The second kappa shape index (κ2) is 4.49. The Labute approximate surface area is 116 Å². The van der Waals surface area contributed by atoms with Crippen LogP contribution in [0.25, 0.3) is 11.1 Å². The van der Waals surface area contributed by atoms with E-state index in [0.717, 1.165) is 0 Å². The van der Waals surface area contributed by atoms with Crippen molar-refractivity contribution >= 4 is 23.1 Å². The number of carboxylic acids is 1. The number of morpholine rings is 1. The lowest BCUT2D eigenvalue weighted by Crippen LogP contribution is -2.53. The summed E-state index contributed by atoms with van der Waals surface area (Å²) in [5.74, 6) is -0.975. The highest BCUT2D eigenvalue weighted by Gasteiger charge is 2.33. The number of hydrogen-bond acceptors (Lipinski definition) is 5. The number of hydrogen-bond donors (Lipinski definition) is 1. The first kappa shape index (κ1) is 12.9. The molecule has 0 radical (unpaired) electrons. The molecule has 0 aliphatic carbocycles. The number of rotatable bonds is 2. The van der Waals surface area contributed by atoms with E-state index in [1.807, 2.05) is 0 Å². The molecule has 20 heavy (non-hydrogen) atoms. The fourth-order valence-corrected chi connectivity index (χ4v) is 2.37. The van der Waals surface area contributed by atoms with Gasteiger partial charge in [-0.1, -0.05) is 0 Å². The van der Waals surface area contributed by atoms with Gasteiger partial charge in [-0.25, -0.2) is 4.79 Å². The zero-order chi connectivity index (χ0) is 14.3. The second-order valence-electron chi connectivity index (χ2n) is 5.50. The maximum atomic E-state index is 11.0. The number of carbonyl (C=O) groups is 1. The SMILES string of the molecule is CC1(C)COCCN1c1nc2ccc(C(=O)O)cc2o1. The number of anilines is 1. The number of nitrogens with zero attached hydrogens (tertiary/aromatic N) is 2. The molecule has 0 atom stereocenters. The molecule has 1 N–H and O–H groups in total. The summed E-state index contributed by atoms with van der Waals surface area (Å²) in [6, 6.07) is 5.21.